The van der Waals surface area contributed by atoms with Gasteiger partial charge in [0, 0.05) is 18.7 Å². The topological polar surface area (TPSA) is 72.2 Å². The SMILES string of the molecule is CC(CCN)CNS(=O)(=O)c1c(F)cc(F)cc1F. The highest BCUT2D eigenvalue weighted by Gasteiger charge is 2.25. The van der Waals surface area contributed by atoms with Crippen molar-refractivity contribution in [2.45, 2.75) is 18.2 Å². The molecule has 19 heavy (non-hydrogen) atoms. The van der Waals surface area contributed by atoms with Crippen molar-refractivity contribution in [3.63, 3.8) is 0 Å². The monoisotopic (exact) mass is 296 g/mol. The van der Waals surface area contributed by atoms with Crippen LogP contribution in [0.3, 0.4) is 0 Å². The maximum atomic E-state index is 13.4. The summed E-state index contributed by atoms with van der Waals surface area (Å²) >= 11 is 0. The molecule has 1 unspecified atom stereocenters. The van der Waals surface area contributed by atoms with Crippen molar-refractivity contribution in [2.24, 2.45) is 11.7 Å². The summed E-state index contributed by atoms with van der Waals surface area (Å²) in [5.74, 6) is -4.18. The lowest BCUT2D eigenvalue weighted by Gasteiger charge is -2.12. The number of halogens is 3. The highest BCUT2D eigenvalue weighted by Crippen LogP contribution is 2.20. The minimum atomic E-state index is -4.36. The van der Waals surface area contributed by atoms with Gasteiger partial charge in [0.2, 0.25) is 10.0 Å². The van der Waals surface area contributed by atoms with Crippen LogP contribution in [0.1, 0.15) is 13.3 Å². The molecule has 0 bridgehead atoms. The summed E-state index contributed by atoms with van der Waals surface area (Å²) in [6.45, 7) is 2.12. The average molecular weight is 296 g/mol. The molecule has 108 valence electrons. The van der Waals surface area contributed by atoms with Gasteiger partial charge < -0.3 is 5.73 Å². The first-order valence-corrected chi connectivity index (χ1v) is 7.10. The van der Waals surface area contributed by atoms with Crippen LogP contribution < -0.4 is 10.5 Å². The Morgan fingerprint density at radius 3 is 2.26 bits per heavy atom. The minimum absolute atomic E-state index is 0.00418. The van der Waals surface area contributed by atoms with E-state index in [9.17, 15) is 21.6 Å². The van der Waals surface area contributed by atoms with Gasteiger partial charge >= 0.3 is 0 Å². The van der Waals surface area contributed by atoms with E-state index in [1.165, 1.54) is 0 Å². The van der Waals surface area contributed by atoms with Gasteiger partial charge in [0.1, 0.15) is 17.5 Å². The third kappa shape index (κ3) is 4.19. The van der Waals surface area contributed by atoms with Gasteiger partial charge in [0.25, 0.3) is 0 Å². The summed E-state index contributed by atoms with van der Waals surface area (Å²) < 4.78 is 65.0. The van der Waals surface area contributed by atoms with Crippen molar-refractivity contribution in [1.82, 2.24) is 4.72 Å². The predicted molar refractivity (Wildman–Crippen MR) is 64.3 cm³/mol. The molecule has 0 fully saturated rings. The summed E-state index contributed by atoms with van der Waals surface area (Å²) in [6.07, 6.45) is 0.566. The molecule has 3 N–H and O–H groups in total. The van der Waals surface area contributed by atoms with Crippen LogP contribution in [0.2, 0.25) is 0 Å². The lowest BCUT2D eigenvalue weighted by atomic mass is 10.1. The van der Waals surface area contributed by atoms with Gasteiger partial charge in [-0.2, -0.15) is 0 Å². The van der Waals surface area contributed by atoms with Gasteiger partial charge in [-0.05, 0) is 18.9 Å². The molecule has 0 aliphatic rings. The fraction of sp³-hybridized carbons (Fsp3) is 0.455. The summed E-state index contributed by atoms with van der Waals surface area (Å²) in [5, 5.41) is 0. The van der Waals surface area contributed by atoms with E-state index in [1.807, 2.05) is 0 Å². The molecule has 0 radical (unpaired) electrons. The molecule has 0 saturated heterocycles. The van der Waals surface area contributed by atoms with Crippen LogP contribution in [0.15, 0.2) is 17.0 Å². The van der Waals surface area contributed by atoms with Crippen molar-refractivity contribution >= 4 is 10.0 Å². The molecular formula is C11H15F3N2O2S. The molecule has 4 nitrogen and oxygen atoms in total. The highest BCUT2D eigenvalue weighted by atomic mass is 32.2. The Morgan fingerprint density at radius 1 is 1.26 bits per heavy atom. The van der Waals surface area contributed by atoms with Gasteiger partial charge in [0.15, 0.2) is 4.90 Å². The third-order valence-corrected chi connectivity index (χ3v) is 3.99. The standard InChI is InChI=1S/C11H15F3N2O2S/c1-7(2-3-15)6-16-19(17,18)11-9(13)4-8(12)5-10(11)14/h4-5,7,16H,2-3,6,15H2,1H3. The van der Waals surface area contributed by atoms with Gasteiger partial charge in [0.05, 0.1) is 0 Å². The summed E-state index contributed by atoms with van der Waals surface area (Å²) in [7, 11) is -4.36. The molecule has 0 saturated carbocycles. The Kier molecular flexibility index (Phi) is 5.33. The van der Waals surface area contributed by atoms with Crippen molar-refractivity contribution in [2.75, 3.05) is 13.1 Å². The smallest absolute Gasteiger partial charge is 0.246 e. The van der Waals surface area contributed by atoms with Crippen LogP contribution in [0.4, 0.5) is 13.2 Å². The van der Waals surface area contributed by atoms with Crippen LogP contribution in [-0.2, 0) is 10.0 Å². The van der Waals surface area contributed by atoms with Gasteiger partial charge in [-0.15, -0.1) is 0 Å². The maximum Gasteiger partial charge on any atom is 0.246 e. The van der Waals surface area contributed by atoms with E-state index in [0.717, 1.165) is 0 Å². The van der Waals surface area contributed by atoms with Gasteiger partial charge in [-0.1, -0.05) is 6.92 Å². The zero-order chi connectivity index (χ0) is 14.6. The molecule has 8 heteroatoms. The molecule has 1 atom stereocenters. The Hall–Kier alpha value is -1.12. The third-order valence-electron chi connectivity index (χ3n) is 2.51. The second-order valence-electron chi connectivity index (χ2n) is 4.23. The number of nitrogens with one attached hydrogen (secondary N) is 1. The van der Waals surface area contributed by atoms with Crippen LogP contribution in [-0.4, -0.2) is 21.5 Å². The fourth-order valence-electron chi connectivity index (χ4n) is 1.50. The van der Waals surface area contributed by atoms with E-state index in [2.05, 4.69) is 4.72 Å². The number of sulfonamides is 1. The van der Waals surface area contributed by atoms with E-state index >= 15 is 0 Å². The number of rotatable bonds is 6. The van der Waals surface area contributed by atoms with Gasteiger partial charge in [-0.3, -0.25) is 0 Å². The minimum Gasteiger partial charge on any atom is -0.330 e. The van der Waals surface area contributed by atoms with Crippen LogP contribution in [0.5, 0.6) is 0 Å². The lowest BCUT2D eigenvalue weighted by Crippen LogP contribution is -2.30. The normalized spacial score (nSPS) is 13.5. The Labute approximate surface area is 109 Å². The van der Waals surface area contributed by atoms with E-state index in [1.54, 1.807) is 6.92 Å². The molecule has 0 aliphatic heterocycles. The van der Waals surface area contributed by atoms with E-state index in [0.29, 0.717) is 25.1 Å². The van der Waals surface area contributed by atoms with E-state index < -0.39 is 32.4 Å². The molecule has 0 aliphatic carbocycles. The molecule has 0 heterocycles. The maximum absolute atomic E-state index is 13.4. The first-order valence-electron chi connectivity index (χ1n) is 5.62. The molecule has 0 amide bonds. The second kappa shape index (κ2) is 6.36. The first-order chi connectivity index (χ1) is 8.77. The quantitative estimate of drug-likeness (QED) is 0.832. The largest absolute Gasteiger partial charge is 0.330 e. The van der Waals surface area contributed by atoms with Crippen LogP contribution in [0.25, 0.3) is 0 Å². The molecular weight excluding hydrogens is 281 g/mol. The zero-order valence-electron chi connectivity index (χ0n) is 10.3. The van der Waals surface area contributed by atoms with Crippen molar-refractivity contribution < 1.29 is 21.6 Å². The predicted octanol–water partition coefficient (Wildman–Crippen LogP) is 1.37. The Bertz CT molecular complexity index is 526. The summed E-state index contributed by atoms with van der Waals surface area (Å²) in [4.78, 5) is -1.17. The zero-order valence-corrected chi connectivity index (χ0v) is 11.1. The van der Waals surface area contributed by atoms with Gasteiger partial charge in [-0.25, -0.2) is 26.3 Å². The van der Waals surface area contributed by atoms with Crippen LogP contribution in [0, 0.1) is 23.4 Å². The first kappa shape index (κ1) is 15.9. The number of hydrogen-bond donors (Lipinski definition) is 2. The molecule has 1 aromatic rings. The lowest BCUT2D eigenvalue weighted by molar-refractivity contribution is 0.484. The summed E-state index contributed by atoms with van der Waals surface area (Å²) in [6, 6.07) is 0.641. The van der Waals surface area contributed by atoms with E-state index in [4.69, 9.17) is 5.73 Å². The fourth-order valence-corrected chi connectivity index (χ4v) is 2.78. The molecule has 1 rings (SSSR count). The van der Waals surface area contributed by atoms with Crippen LogP contribution >= 0.6 is 0 Å². The average Bonchev–Trinajstić information content (AvgIpc) is 2.25. The van der Waals surface area contributed by atoms with Crippen molar-refractivity contribution in [3.8, 4) is 0 Å². The Morgan fingerprint density at radius 2 is 1.79 bits per heavy atom. The van der Waals surface area contributed by atoms with Crippen molar-refractivity contribution in [1.29, 1.82) is 0 Å². The number of nitrogens with two attached hydrogens (primary N) is 1. The molecule has 0 aromatic heterocycles. The van der Waals surface area contributed by atoms with Crippen molar-refractivity contribution in [3.05, 3.63) is 29.6 Å². The molecule has 1 aromatic carbocycles. The molecule has 0 spiro atoms. The number of benzene rings is 1. The van der Waals surface area contributed by atoms with E-state index in [-0.39, 0.29) is 12.5 Å². The second-order valence-corrected chi connectivity index (χ2v) is 5.94. The highest BCUT2D eigenvalue weighted by molar-refractivity contribution is 7.89. The number of hydrogen-bond acceptors (Lipinski definition) is 3. The summed E-state index contributed by atoms with van der Waals surface area (Å²) in [5.41, 5.74) is 5.31. The Balaban J connectivity index is 2.95.